The molecule has 0 aromatic heterocycles. The lowest BCUT2D eigenvalue weighted by molar-refractivity contribution is 0.110. The van der Waals surface area contributed by atoms with Crippen molar-refractivity contribution < 1.29 is 5.11 Å². The molecule has 1 rings (SSSR count). The van der Waals surface area contributed by atoms with E-state index in [0.717, 1.165) is 12.8 Å². The van der Waals surface area contributed by atoms with Crippen LogP contribution in [0.25, 0.3) is 0 Å². The minimum absolute atomic E-state index is 0.186. The van der Waals surface area contributed by atoms with Crippen molar-refractivity contribution >= 4 is 0 Å². The van der Waals surface area contributed by atoms with E-state index >= 15 is 0 Å². The smallest absolute Gasteiger partial charge is 0.0751 e. The molecular weight excluding hydrogens is 124 g/mol. The third-order valence-electron chi connectivity index (χ3n) is 2.29. The summed E-state index contributed by atoms with van der Waals surface area (Å²) < 4.78 is 0. The molecule has 1 N–H and O–H groups in total. The highest BCUT2D eigenvalue weighted by Crippen LogP contribution is 2.25. The fourth-order valence-corrected chi connectivity index (χ4v) is 1.57. The van der Waals surface area contributed by atoms with Crippen molar-refractivity contribution in [1.82, 2.24) is 0 Å². The van der Waals surface area contributed by atoms with Gasteiger partial charge in [0, 0.05) is 0 Å². The molecule has 0 radical (unpaired) electrons. The van der Waals surface area contributed by atoms with Crippen LogP contribution in [0, 0.1) is 11.8 Å². The molecule has 1 aliphatic rings. The number of hydrogen-bond acceptors (Lipinski definition) is 1. The predicted octanol–water partition coefficient (Wildman–Crippen LogP) is 1.97. The van der Waals surface area contributed by atoms with Crippen molar-refractivity contribution in [3.63, 3.8) is 0 Å². The molecule has 0 spiro atoms. The molecule has 2 unspecified atom stereocenters. The maximum Gasteiger partial charge on any atom is 0.0751 e. The molecule has 0 amide bonds. The Balaban J connectivity index is 2.52. The van der Waals surface area contributed by atoms with E-state index < -0.39 is 0 Å². The molecule has 0 aromatic rings. The van der Waals surface area contributed by atoms with Crippen LogP contribution in [0.3, 0.4) is 0 Å². The van der Waals surface area contributed by atoms with Gasteiger partial charge >= 0.3 is 0 Å². The lowest BCUT2D eigenvalue weighted by Crippen LogP contribution is -2.25. The Morgan fingerprint density at radius 3 is 2.60 bits per heavy atom. The summed E-state index contributed by atoms with van der Waals surface area (Å²) in [5.74, 6) is 1.10. The summed E-state index contributed by atoms with van der Waals surface area (Å²) in [6.45, 7) is 4.35. The average Bonchev–Trinajstić information content (AvgIpc) is 1.88. The van der Waals surface area contributed by atoms with Crippen molar-refractivity contribution in [2.24, 2.45) is 11.8 Å². The topological polar surface area (TPSA) is 20.2 Å². The van der Waals surface area contributed by atoms with Crippen LogP contribution >= 0.6 is 0 Å². The second kappa shape index (κ2) is 3.20. The molecule has 10 heavy (non-hydrogen) atoms. The van der Waals surface area contributed by atoms with E-state index in [9.17, 15) is 5.11 Å². The standard InChI is InChI=1S/C9H16O/c1-7(2)8-5-3-4-6-9(8)10/h4,6-10H,3,5H2,1-2H3. The maximum absolute atomic E-state index is 9.45. The zero-order valence-corrected chi connectivity index (χ0v) is 6.75. The summed E-state index contributed by atoms with van der Waals surface area (Å²) >= 11 is 0. The normalized spacial score (nSPS) is 33.2. The van der Waals surface area contributed by atoms with Crippen LogP contribution in [0.2, 0.25) is 0 Å². The lowest BCUT2D eigenvalue weighted by atomic mass is 9.83. The van der Waals surface area contributed by atoms with Gasteiger partial charge in [-0.15, -0.1) is 0 Å². The van der Waals surface area contributed by atoms with Gasteiger partial charge in [0.05, 0.1) is 6.10 Å². The molecule has 0 saturated heterocycles. The van der Waals surface area contributed by atoms with Crippen LogP contribution in [0.5, 0.6) is 0 Å². The second-order valence-electron chi connectivity index (χ2n) is 3.40. The van der Waals surface area contributed by atoms with E-state index in [1.54, 1.807) is 0 Å². The fraction of sp³-hybridized carbons (Fsp3) is 0.778. The Kier molecular flexibility index (Phi) is 2.50. The van der Waals surface area contributed by atoms with Gasteiger partial charge in [-0.05, 0) is 24.7 Å². The van der Waals surface area contributed by atoms with Crippen LogP contribution in [0.15, 0.2) is 12.2 Å². The van der Waals surface area contributed by atoms with Crippen LogP contribution in [0.1, 0.15) is 26.7 Å². The van der Waals surface area contributed by atoms with Gasteiger partial charge in [0.2, 0.25) is 0 Å². The van der Waals surface area contributed by atoms with Crippen molar-refractivity contribution in [2.75, 3.05) is 0 Å². The quantitative estimate of drug-likeness (QED) is 0.552. The molecular formula is C9H16O. The highest BCUT2D eigenvalue weighted by atomic mass is 16.3. The van der Waals surface area contributed by atoms with E-state index in [-0.39, 0.29) is 6.10 Å². The Morgan fingerprint density at radius 1 is 1.50 bits per heavy atom. The first kappa shape index (κ1) is 7.80. The van der Waals surface area contributed by atoms with Crippen molar-refractivity contribution in [2.45, 2.75) is 32.8 Å². The van der Waals surface area contributed by atoms with E-state index in [1.165, 1.54) is 0 Å². The summed E-state index contributed by atoms with van der Waals surface area (Å²) in [7, 11) is 0. The van der Waals surface area contributed by atoms with Gasteiger partial charge < -0.3 is 5.11 Å². The van der Waals surface area contributed by atoms with Gasteiger partial charge in [-0.2, -0.15) is 0 Å². The third-order valence-corrected chi connectivity index (χ3v) is 2.29. The minimum atomic E-state index is -0.186. The first-order valence-corrected chi connectivity index (χ1v) is 4.06. The Bertz CT molecular complexity index is 127. The molecule has 1 heteroatoms. The Hall–Kier alpha value is -0.300. The summed E-state index contributed by atoms with van der Waals surface area (Å²) in [5.41, 5.74) is 0. The number of aliphatic hydroxyl groups excluding tert-OH is 1. The van der Waals surface area contributed by atoms with Gasteiger partial charge in [0.1, 0.15) is 0 Å². The predicted molar refractivity (Wildman–Crippen MR) is 42.7 cm³/mol. The number of rotatable bonds is 1. The first-order valence-electron chi connectivity index (χ1n) is 4.06. The van der Waals surface area contributed by atoms with Gasteiger partial charge in [0.15, 0.2) is 0 Å². The van der Waals surface area contributed by atoms with Crippen molar-refractivity contribution in [3.8, 4) is 0 Å². The summed E-state index contributed by atoms with van der Waals surface area (Å²) in [4.78, 5) is 0. The monoisotopic (exact) mass is 140 g/mol. The SMILES string of the molecule is CC(C)C1CCC=CC1O. The van der Waals surface area contributed by atoms with E-state index in [2.05, 4.69) is 19.9 Å². The summed E-state index contributed by atoms with van der Waals surface area (Å²) in [6, 6.07) is 0. The van der Waals surface area contributed by atoms with Crippen LogP contribution in [-0.4, -0.2) is 11.2 Å². The van der Waals surface area contributed by atoms with Gasteiger partial charge in [-0.1, -0.05) is 26.0 Å². The van der Waals surface area contributed by atoms with E-state index in [1.807, 2.05) is 6.08 Å². The van der Waals surface area contributed by atoms with E-state index in [4.69, 9.17) is 0 Å². The molecule has 0 heterocycles. The molecule has 0 bridgehead atoms. The molecule has 0 aromatic carbocycles. The zero-order chi connectivity index (χ0) is 7.56. The van der Waals surface area contributed by atoms with Gasteiger partial charge in [-0.3, -0.25) is 0 Å². The molecule has 58 valence electrons. The molecule has 1 nitrogen and oxygen atoms in total. The highest BCUT2D eigenvalue weighted by molar-refractivity contribution is 4.98. The van der Waals surface area contributed by atoms with Crippen LogP contribution < -0.4 is 0 Å². The number of allylic oxidation sites excluding steroid dienone is 1. The van der Waals surface area contributed by atoms with E-state index in [0.29, 0.717) is 11.8 Å². The molecule has 2 atom stereocenters. The molecule has 0 saturated carbocycles. The average molecular weight is 140 g/mol. The molecule has 0 fully saturated rings. The van der Waals surface area contributed by atoms with Gasteiger partial charge in [0.25, 0.3) is 0 Å². The van der Waals surface area contributed by atoms with Gasteiger partial charge in [-0.25, -0.2) is 0 Å². The number of aliphatic hydroxyl groups is 1. The Morgan fingerprint density at radius 2 is 2.20 bits per heavy atom. The Labute approximate surface area is 62.8 Å². The minimum Gasteiger partial charge on any atom is -0.389 e. The number of hydrogen-bond donors (Lipinski definition) is 1. The highest BCUT2D eigenvalue weighted by Gasteiger charge is 2.21. The van der Waals surface area contributed by atoms with Crippen LogP contribution in [-0.2, 0) is 0 Å². The van der Waals surface area contributed by atoms with Crippen molar-refractivity contribution in [3.05, 3.63) is 12.2 Å². The first-order chi connectivity index (χ1) is 4.72. The molecule has 1 aliphatic carbocycles. The molecule has 0 aliphatic heterocycles. The lowest BCUT2D eigenvalue weighted by Gasteiger charge is -2.26. The largest absolute Gasteiger partial charge is 0.389 e. The maximum atomic E-state index is 9.45. The summed E-state index contributed by atoms with van der Waals surface area (Å²) in [6.07, 6.45) is 6.10. The van der Waals surface area contributed by atoms with Crippen LogP contribution in [0.4, 0.5) is 0 Å². The van der Waals surface area contributed by atoms with Crippen molar-refractivity contribution in [1.29, 1.82) is 0 Å². The summed E-state index contributed by atoms with van der Waals surface area (Å²) in [5, 5.41) is 9.45. The second-order valence-corrected chi connectivity index (χ2v) is 3.40. The third kappa shape index (κ3) is 1.60. The fourth-order valence-electron chi connectivity index (χ4n) is 1.57. The zero-order valence-electron chi connectivity index (χ0n) is 6.75.